The van der Waals surface area contributed by atoms with Crippen molar-refractivity contribution in [3.05, 3.63) is 23.8 Å². The molecule has 1 fully saturated rings. The predicted molar refractivity (Wildman–Crippen MR) is 84.5 cm³/mol. The van der Waals surface area contributed by atoms with Crippen LogP contribution in [0.2, 0.25) is 0 Å². The van der Waals surface area contributed by atoms with Gasteiger partial charge in [0.1, 0.15) is 5.75 Å². The number of nitrogens with two attached hydrogens (primary N) is 1. The predicted octanol–water partition coefficient (Wildman–Crippen LogP) is 2.64. The number of nitrogens with zero attached hydrogens (tertiary/aromatic N) is 1. The summed E-state index contributed by atoms with van der Waals surface area (Å²) in [6.45, 7) is 6.00. The summed E-state index contributed by atoms with van der Waals surface area (Å²) in [4.78, 5) is 14.6. The summed E-state index contributed by atoms with van der Waals surface area (Å²) in [7, 11) is 1.57. The fourth-order valence-corrected chi connectivity index (χ4v) is 3.39. The Hall–Kier alpha value is -1.36. The van der Waals surface area contributed by atoms with Gasteiger partial charge in [-0.15, -0.1) is 0 Å². The lowest BCUT2D eigenvalue weighted by atomic mass is 10.1. The second-order valence-corrected chi connectivity index (χ2v) is 7.41. The molecule has 1 aromatic carbocycles. The zero-order valence-electron chi connectivity index (χ0n) is 12.3. The first-order chi connectivity index (χ1) is 9.43. The van der Waals surface area contributed by atoms with Crippen molar-refractivity contribution in [2.24, 2.45) is 0 Å². The number of hydrogen-bond acceptors (Lipinski definition) is 4. The summed E-state index contributed by atoms with van der Waals surface area (Å²) in [5.41, 5.74) is 6.93. The van der Waals surface area contributed by atoms with Gasteiger partial charge in [0.2, 0.25) is 0 Å². The second kappa shape index (κ2) is 5.95. The van der Waals surface area contributed by atoms with Crippen LogP contribution in [0.15, 0.2) is 18.2 Å². The van der Waals surface area contributed by atoms with E-state index in [9.17, 15) is 4.79 Å². The van der Waals surface area contributed by atoms with Gasteiger partial charge >= 0.3 is 0 Å². The summed E-state index contributed by atoms with van der Waals surface area (Å²) < 4.78 is 5.51. The van der Waals surface area contributed by atoms with Crippen molar-refractivity contribution in [2.75, 3.05) is 31.7 Å². The third-order valence-corrected chi connectivity index (χ3v) is 4.95. The van der Waals surface area contributed by atoms with Crippen molar-refractivity contribution in [3.63, 3.8) is 0 Å². The number of hydrogen-bond donors (Lipinski definition) is 1. The summed E-state index contributed by atoms with van der Waals surface area (Å²) in [6, 6.07) is 5.19. The molecule has 110 valence electrons. The normalized spacial score (nSPS) is 18.4. The highest BCUT2D eigenvalue weighted by Gasteiger charge is 2.27. The highest BCUT2D eigenvalue weighted by atomic mass is 32.2. The lowest BCUT2D eigenvalue weighted by molar-refractivity contribution is 0.0761. The number of ether oxygens (including phenoxy) is 1. The molecule has 0 bridgehead atoms. The van der Waals surface area contributed by atoms with Crippen molar-refractivity contribution >= 4 is 23.4 Å². The van der Waals surface area contributed by atoms with Crippen LogP contribution in [-0.2, 0) is 0 Å². The zero-order valence-corrected chi connectivity index (χ0v) is 13.1. The molecule has 0 saturated carbocycles. The third kappa shape index (κ3) is 3.39. The van der Waals surface area contributed by atoms with Crippen LogP contribution in [-0.4, -0.2) is 41.5 Å². The summed E-state index contributed by atoms with van der Waals surface area (Å²) in [6.07, 6.45) is 0.994. The zero-order chi connectivity index (χ0) is 14.8. The Kier molecular flexibility index (Phi) is 4.48. The standard InChI is InChI=1S/C15H22N2O2S/c1-15(2)6-7-17(8-9-20-15)14(18)12-10-11(16)4-5-13(12)19-3/h4-5,10H,6-9,16H2,1-3H3. The van der Waals surface area contributed by atoms with Crippen molar-refractivity contribution in [3.8, 4) is 5.75 Å². The Labute approximate surface area is 124 Å². The molecule has 2 rings (SSSR count). The molecule has 0 spiro atoms. The first-order valence-corrected chi connectivity index (χ1v) is 7.78. The van der Waals surface area contributed by atoms with Crippen molar-refractivity contribution in [2.45, 2.75) is 25.0 Å². The quantitative estimate of drug-likeness (QED) is 0.852. The number of nitrogen functional groups attached to an aromatic ring is 1. The fraction of sp³-hybridized carbons (Fsp3) is 0.533. The molecule has 4 nitrogen and oxygen atoms in total. The maximum absolute atomic E-state index is 12.7. The van der Waals surface area contributed by atoms with Gasteiger partial charge in [-0.3, -0.25) is 4.79 Å². The van der Waals surface area contributed by atoms with Crippen LogP contribution in [0.25, 0.3) is 0 Å². The molecule has 1 aliphatic rings. The van der Waals surface area contributed by atoms with Crippen molar-refractivity contribution in [1.82, 2.24) is 4.90 Å². The van der Waals surface area contributed by atoms with Gasteiger partial charge in [0.15, 0.2) is 0 Å². The minimum absolute atomic E-state index is 0.00690. The average Bonchev–Trinajstić information content (AvgIpc) is 2.59. The molecule has 0 radical (unpaired) electrons. The van der Waals surface area contributed by atoms with Gasteiger partial charge in [0.05, 0.1) is 12.7 Å². The Balaban J connectivity index is 2.21. The molecule has 1 saturated heterocycles. The van der Waals surface area contributed by atoms with E-state index >= 15 is 0 Å². The van der Waals surface area contributed by atoms with E-state index in [1.54, 1.807) is 25.3 Å². The van der Waals surface area contributed by atoms with E-state index in [4.69, 9.17) is 10.5 Å². The van der Waals surface area contributed by atoms with Gasteiger partial charge in [0, 0.05) is 29.3 Å². The van der Waals surface area contributed by atoms with Crippen LogP contribution in [0.5, 0.6) is 5.75 Å². The van der Waals surface area contributed by atoms with Gasteiger partial charge in [-0.1, -0.05) is 13.8 Å². The van der Waals surface area contributed by atoms with E-state index in [-0.39, 0.29) is 10.7 Å². The minimum Gasteiger partial charge on any atom is -0.496 e. The molecule has 1 heterocycles. The van der Waals surface area contributed by atoms with E-state index < -0.39 is 0 Å². The van der Waals surface area contributed by atoms with E-state index in [0.717, 1.165) is 25.3 Å². The lowest BCUT2D eigenvalue weighted by Crippen LogP contribution is -2.34. The molecule has 1 aliphatic heterocycles. The maximum Gasteiger partial charge on any atom is 0.257 e. The van der Waals surface area contributed by atoms with E-state index in [2.05, 4.69) is 13.8 Å². The van der Waals surface area contributed by atoms with Crippen molar-refractivity contribution < 1.29 is 9.53 Å². The molecule has 1 amide bonds. The average molecular weight is 294 g/mol. The van der Waals surface area contributed by atoms with Gasteiger partial charge in [-0.25, -0.2) is 0 Å². The number of thioether (sulfide) groups is 1. The Morgan fingerprint density at radius 2 is 2.15 bits per heavy atom. The van der Waals surface area contributed by atoms with E-state index in [1.165, 1.54) is 0 Å². The number of rotatable bonds is 2. The number of methoxy groups -OCH3 is 1. The summed E-state index contributed by atoms with van der Waals surface area (Å²) >= 11 is 1.92. The van der Waals surface area contributed by atoms with Gasteiger partial charge in [-0.05, 0) is 24.6 Å². The Bertz CT molecular complexity index is 503. The molecule has 0 unspecified atom stereocenters. The molecule has 0 aromatic heterocycles. The van der Waals surface area contributed by atoms with Crippen LogP contribution >= 0.6 is 11.8 Å². The SMILES string of the molecule is COc1ccc(N)cc1C(=O)N1CCSC(C)(C)CC1. The molecule has 5 heteroatoms. The van der Waals surface area contributed by atoms with Gasteiger partial charge in [0.25, 0.3) is 5.91 Å². The van der Waals surface area contributed by atoms with Gasteiger partial charge in [-0.2, -0.15) is 11.8 Å². The highest BCUT2D eigenvalue weighted by molar-refractivity contribution is 8.00. The third-order valence-electron chi connectivity index (χ3n) is 3.58. The first kappa shape index (κ1) is 15.0. The molecule has 20 heavy (non-hydrogen) atoms. The van der Waals surface area contributed by atoms with Crippen LogP contribution in [0.1, 0.15) is 30.6 Å². The molecular formula is C15H22N2O2S. The summed E-state index contributed by atoms with van der Waals surface area (Å²) in [5.74, 6) is 1.55. The topological polar surface area (TPSA) is 55.6 Å². The number of benzene rings is 1. The first-order valence-electron chi connectivity index (χ1n) is 6.80. The molecule has 0 aliphatic carbocycles. The van der Waals surface area contributed by atoms with Crippen LogP contribution in [0.3, 0.4) is 0 Å². The minimum atomic E-state index is 0.00690. The Morgan fingerprint density at radius 3 is 2.85 bits per heavy atom. The van der Waals surface area contributed by atoms with Crippen LogP contribution in [0, 0.1) is 0 Å². The largest absolute Gasteiger partial charge is 0.496 e. The van der Waals surface area contributed by atoms with Gasteiger partial charge < -0.3 is 15.4 Å². The van der Waals surface area contributed by atoms with Crippen LogP contribution in [0.4, 0.5) is 5.69 Å². The molecule has 2 N–H and O–H groups in total. The van der Waals surface area contributed by atoms with Crippen molar-refractivity contribution in [1.29, 1.82) is 0 Å². The lowest BCUT2D eigenvalue weighted by Gasteiger charge is -2.23. The maximum atomic E-state index is 12.7. The molecular weight excluding hydrogens is 272 g/mol. The Morgan fingerprint density at radius 1 is 1.40 bits per heavy atom. The molecule has 0 atom stereocenters. The highest BCUT2D eigenvalue weighted by Crippen LogP contribution is 2.32. The smallest absolute Gasteiger partial charge is 0.257 e. The number of carbonyl (C=O) groups excluding carboxylic acids is 1. The second-order valence-electron chi connectivity index (χ2n) is 5.61. The number of amides is 1. The number of anilines is 1. The van der Waals surface area contributed by atoms with E-state index in [1.807, 2.05) is 16.7 Å². The monoisotopic (exact) mass is 294 g/mol. The van der Waals surface area contributed by atoms with E-state index in [0.29, 0.717) is 17.0 Å². The molecule has 1 aromatic rings. The fourth-order valence-electron chi connectivity index (χ4n) is 2.29. The summed E-state index contributed by atoms with van der Waals surface area (Å²) in [5, 5.41) is 0. The van der Waals surface area contributed by atoms with Crippen LogP contribution < -0.4 is 10.5 Å². The number of carbonyl (C=O) groups is 1.